The van der Waals surface area contributed by atoms with Crippen LogP contribution in [0.1, 0.15) is 46.5 Å². The largest absolute Gasteiger partial charge is 0.460 e. The fraction of sp³-hybridized carbons (Fsp3) is 0.917. The van der Waals surface area contributed by atoms with Crippen LogP contribution < -0.4 is 0 Å². The van der Waals surface area contributed by atoms with Crippen molar-refractivity contribution in [1.29, 1.82) is 0 Å². The first-order chi connectivity index (χ1) is 6.47. The average Bonchev–Trinajstić information content (AvgIpc) is 2.57. The number of carbonyl (C=O) groups is 1. The molecule has 2 rings (SSSR count). The van der Waals surface area contributed by atoms with Gasteiger partial charge in [-0.2, -0.15) is 0 Å². The van der Waals surface area contributed by atoms with E-state index >= 15 is 0 Å². The molecule has 0 unspecified atom stereocenters. The number of esters is 1. The van der Waals surface area contributed by atoms with Crippen LogP contribution in [0.25, 0.3) is 0 Å². The van der Waals surface area contributed by atoms with Gasteiger partial charge in [0.25, 0.3) is 0 Å². The van der Waals surface area contributed by atoms with E-state index in [9.17, 15) is 4.79 Å². The highest BCUT2D eigenvalue weighted by Gasteiger charge is 2.47. The van der Waals surface area contributed by atoms with E-state index in [1.807, 2.05) is 20.8 Å². The van der Waals surface area contributed by atoms with Crippen LogP contribution in [0, 0.1) is 17.8 Å². The molecule has 0 heterocycles. The first-order valence-corrected chi connectivity index (χ1v) is 5.70. The SMILES string of the molecule is CC(C)(C)OC(=O)C1C2CCC1CC2. The van der Waals surface area contributed by atoms with E-state index < -0.39 is 0 Å². The van der Waals surface area contributed by atoms with Gasteiger partial charge in [0.15, 0.2) is 0 Å². The fourth-order valence-electron chi connectivity index (χ4n) is 3.00. The molecule has 0 aliphatic heterocycles. The van der Waals surface area contributed by atoms with Crippen LogP contribution in [0.4, 0.5) is 0 Å². The lowest BCUT2D eigenvalue weighted by Crippen LogP contribution is -2.30. The summed E-state index contributed by atoms with van der Waals surface area (Å²) in [6.45, 7) is 5.84. The van der Waals surface area contributed by atoms with Gasteiger partial charge in [-0.25, -0.2) is 0 Å². The van der Waals surface area contributed by atoms with Crippen molar-refractivity contribution in [3.8, 4) is 0 Å². The molecule has 2 heteroatoms. The van der Waals surface area contributed by atoms with Crippen molar-refractivity contribution in [1.82, 2.24) is 0 Å². The average molecular weight is 196 g/mol. The monoisotopic (exact) mass is 196 g/mol. The van der Waals surface area contributed by atoms with Gasteiger partial charge in [0.2, 0.25) is 0 Å². The van der Waals surface area contributed by atoms with Crippen LogP contribution in [0.15, 0.2) is 0 Å². The number of carbonyl (C=O) groups excluding carboxylic acids is 1. The van der Waals surface area contributed by atoms with Gasteiger partial charge in [-0.1, -0.05) is 0 Å². The van der Waals surface area contributed by atoms with Crippen LogP contribution in [-0.2, 0) is 9.53 Å². The van der Waals surface area contributed by atoms with Crippen molar-refractivity contribution < 1.29 is 9.53 Å². The molecule has 2 bridgehead atoms. The third-order valence-corrected chi connectivity index (χ3v) is 3.51. The topological polar surface area (TPSA) is 26.3 Å². The molecule has 2 nitrogen and oxygen atoms in total. The van der Waals surface area contributed by atoms with Gasteiger partial charge in [0, 0.05) is 0 Å². The minimum atomic E-state index is -0.320. The Bertz CT molecular complexity index is 219. The Kier molecular flexibility index (Phi) is 2.32. The van der Waals surface area contributed by atoms with Gasteiger partial charge in [-0.05, 0) is 58.3 Å². The highest BCUT2D eigenvalue weighted by atomic mass is 16.6. The zero-order chi connectivity index (χ0) is 10.3. The van der Waals surface area contributed by atoms with E-state index in [-0.39, 0.29) is 17.5 Å². The standard InChI is InChI=1S/C12H20O2/c1-12(2,3)14-11(13)10-8-4-5-9(10)7-6-8/h8-10H,4-7H2,1-3H3. The Balaban J connectivity index is 1.99. The molecular formula is C12H20O2. The minimum absolute atomic E-state index is 0.0579. The lowest BCUT2D eigenvalue weighted by atomic mass is 9.98. The van der Waals surface area contributed by atoms with Gasteiger partial charge < -0.3 is 4.74 Å². The second-order valence-electron chi connectivity index (χ2n) is 5.73. The summed E-state index contributed by atoms with van der Waals surface area (Å²) in [5.74, 6) is 1.56. The summed E-state index contributed by atoms with van der Waals surface area (Å²) in [6.07, 6.45) is 4.98. The molecule has 0 radical (unpaired) electrons. The molecule has 14 heavy (non-hydrogen) atoms. The second-order valence-corrected chi connectivity index (χ2v) is 5.73. The summed E-state index contributed by atoms with van der Waals surface area (Å²) >= 11 is 0. The Morgan fingerprint density at radius 2 is 1.50 bits per heavy atom. The molecule has 0 N–H and O–H groups in total. The minimum Gasteiger partial charge on any atom is -0.460 e. The maximum atomic E-state index is 11.9. The normalized spacial score (nSPS) is 36.1. The van der Waals surface area contributed by atoms with E-state index in [1.165, 1.54) is 25.7 Å². The zero-order valence-electron chi connectivity index (χ0n) is 9.38. The van der Waals surface area contributed by atoms with Crippen LogP contribution in [0.2, 0.25) is 0 Å². The number of hydrogen-bond acceptors (Lipinski definition) is 2. The summed E-state index contributed by atoms with van der Waals surface area (Å²) in [5, 5.41) is 0. The highest BCUT2D eigenvalue weighted by molar-refractivity contribution is 5.74. The summed E-state index contributed by atoms with van der Waals surface area (Å²) < 4.78 is 5.46. The molecule has 0 aromatic heterocycles. The lowest BCUT2D eigenvalue weighted by molar-refractivity contribution is -0.161. The smallest absolute Gasteiger partial charge is 0.310 e. The van der Waals surface area contributed by atoms with Gasteiger partial charge in [0.1, 0.15) is 5.60 Å². The third kappa shape index (κ3) is 1.79. The van der Waals surface area contributed by atoms with Crippen LogP contribution in [0.3, 0.4) is 0 Å². The van der Waals surface area contributed by atoms with E-state index in [0.717, 1.165) is 0 Å². The van der Waals surface area contributed by atoms with Crippen molar-refractivity contribution in [2.45, 2.75) is 52.1 Å². The molecular weight excluding hydrogens is 176 g/mol. The van der Waals surface area contributed by atoms with Crippen LogP contribution in [-0.4, -0.2) is 11.6 Å². The zero-order valence-corrected chi connectivity index (χ0v) is 9.38. The molecule has 0 aromatic carbocycles. The predicted molar refractivity (Wildman–Crippen MR) is 54.8 cm³/mol. The summed E-state index contributed by atoms with van der Waals surface area (Å²) in [7, 11) is 0. The van der Waals surface area contributed by atoms with E-state index in [2.05, 4.69) is 0 Å². The number of hydrogen-bond donors (Lipinski definition) is 0. The molecule has 0 spiro atoms. The van der Waals surface area contributed by atoms with Gasteiger partial charge in [0.05, 0.1) is 5.92 Å². The van der Waals surface area contributed by atoms with Gasteiger partial charge >= 0.3 is 5.97 Å². The molecule has 0 amide bonds. The maximum Gasteiger partial charge on any atom is 0.310 e. The summed E-state index contributed by atoms with van der Waals surface area (Å²) in [4.78, 5) is 11.9. The van der Waals surface area contributed by atoms with Crippen molar-refractivity contribution >= 4 is 5.97 Å². The van der Waals surface area contributed by atoms with E-state index in [4.69, 9.17) is 4.74 Å². The van der Waals surface area contributed by atoms with Crippen LogP contribution >= 0.6 is 0 Å². The Hall–Kier alpha value is -0.530. The van der Waals surface area contributed by atoms with E-state index in [0.29, 0.717) is 11.8 Å². The second kappa shape index (κ2) is 3.25. The van der Waals surface area contributed by atoms with Crippen molar-refractivity contribution in [2.75, 3.05) is 0 Å². The van der Waals surface area contributed by atoms with Crippen molar-refractivity contribution in [3.63, 3.8) is 0 Å². The quantitative estimate of drug-likeness (QED) is 0.603. The molecule has 2 aliphatic carbocycles. The molecule has 0 aromatic rings. The maximum absolute atomic E-state index is 11.9. The van der Waals surface area contributed by atoms with E-state index in [1.54, 1.807) is 0 Å². The molecule has 0 saturated heterocycles. The van der Waals surface area contributed by atoms with Crippen molar-refractivity contribution in [3.05, 3.63) is 0 Å². The Morgan fingerprint density at radius 3 is 1.86 bits per heavy atom. The number of rotatable bonds is 1. The number of ether oxygens (including phenoxy) is 1. The molecule has 2 aliphatic rings. The Morgan fingerprint density at radius 1 is 1.07 bits per heavy atom. The first kappa shape index (κ1) is 10.0. The predicted octanol–water partition coefficient (Wildman–Crippen LogP) is 2.76. The lowest BCUT2D eigenvalue weighted by Gasteiger charge is -2.23. The van der Waals surface area contributed by atoms with Gasteiger partial charge in [-0.3, -0.25) is 4.79 Å². The summed E-state index contributed by atoms with van der Waals surface area (Å²) in [6, 6.07) is 0. The molecule has 80 valence electrons. The molecule has 2 saturated carbocycles. The van der Waals surface area contributed by atoms with Crippen molar-refractivity contribution in [2.24, 2.45) is 17.8 Å². The fourth-order valence-corrected chi connectivity index (χ4v) is 3.00. The third-order valence-electron chi connectivity index (χ3n) is 3.51. The molecule has 2 fully saturated rings. The highest BCUT2D eigenvalue weighted by Crippen LogP contribution is 2.49. The van der Waals surface area contributed by atoms with Gasteiger partial charge in [-0.15, -0.1) is 0 Å². The molecule has 0 atom stereocenters. The number of fused-ring (bicyclic) bond motifs is 2. The first-order valence-electron chi connectivity index (χ1n) is 5.70. The van der Waals surface area contributed by atoms with Crippen LogP contribution in [0.5, 0.6) is 0 Å². The summed E-state index contributed by atoms with van der Waals surface area (Å²) in [5.41, 5.74) is -0.320. The Labute approximate surface area is 86.0 Å².